The fourth-order valence-corrected chi connectivity index (χ4v) is 2.64. The molecule has 8 heteroatoms. The summed E-state index contributed by atoms with van der Waals surface area (Å²) in [6, 6.07) is -1.39. The van der Waals surface area contributed by atoms with Gasteiger partial charge in [0, 0.05) is 19.0 Å². The molecule has 0 aromatic carbocycles. The average molecular weight is 364 g/mol. The minimum Gasteiger partial charge on any atom is -0.480 e. The second-order valence-electron chi connectivity index (χ2n) is 6.94. The van der Waals surface area contributed by atoms with Crippen molar-refractivity contribution in [3.05, 3.63) is 0 Å². The highest BCUT2D eigenvalue weighted by Gasteiger charge is 2.32. The molecule has 1 heterocycles. The van der Waals surface area contributed by atoms with E-state index in [4.69, 9.17) is 10.8 Å². The Morgan fingerprint density at radius 3 is 1.96 bits per heavy atom. The second-order valence-corrected chi connectivity index (χ2v) is 6.94. The molecule has 2 unspecified atom stereocenters. The summed E-state index contributed by atoms with van der Waals surface area (Å²) in [7, 11) is 0. The number of nitrogens with one attached hydrogen (secondary N) is 1. The zero-order chi connectivity index (χ0) is 17.7. The van der Waals surface area contributed by atoms with Crippen molar-refractivity contribution in [2.75, 3.05) is 13.1 Å². The molecule has 0 bridgehead atoms. The summed E-state index contributed by atoms with van der Waals surface area (Å²) in [5, 5.41) is 11.7. The Morgan fingerprint density at radius 2 is 1.58 bits per heavy atom. The van der Waals surface area contributed by atoms with Gasteiger partial charge in [-0.15, -0.1) is 12.4 Å². The van der Waals surface area contributed by atoms with E-state index in [1.807, 2.05) is 13.8 Å². The SMILES string of the molecule is CC(C)C(N)C(=O)N1CCC(C(=O)NC(C(=O)O)C(C)C)CC1.Cl. The third-order valence-corrected chi connectivity index (χ3v) is 4.41. The maximum absolute atomic E-state index is 12.2. The van der Waals surface area contributed by atoms with Gasteiger partial charge in [-0.25, -0.2) is 4.79 Å². The number of carboxylic acids is 1. The van der Waals surface area contributed by atoms with Crippen molar-refractivity contribution in [3.63, 3.8) is 0 Å². The number of likely N-dealkylation sites (tertiary alicyclic amines) is 1. The van der Waals surface area contributed by atoms with Crippen LogP contribution in [0.1, 0.15) is 40.5 Å². The molecule has 2 amide bonds. The van der Waals surface area contributed by atoms with Gasteiger partial charge in [0.15, 0.2) is 0 Å². The topological polar surface area (TPSA) is 113 Å². The van der Waals surface area contributed by atoms with Gasteiger partial charge in [-0.3, -0.25) is 9.59 Å². The fraction of sp³-hybridized carbons (Fsp3) is 0.812. The smallest absolute Gasteiger partial charge is 0.326 e. The predicted octanol–water partition coefficient (Wildman–Crippen LogP) is 0.856. The van der Waals surface area contributed by atoms with Crippen LogP contribution >= 0.6 is 12.4 Å². The van der Waals surface area contributed by atoms with Crippen molar-refractivity contribution in [1.29, 1.82) is 0 Å². The number of nitrogens with two attached hydrogens (primary N) is 1. The van der Waals surface area contributed by atoms with Gasteiger partial charge >= 0.3 is 5.97 Å². The van der Waals surface area contributed by atoms with E-state index in [2.05, 4.69) is 5.32 Å². The molecular formula is C16H30ClN3O4. The standard InChI is InChI=1S/C16H29N3O4.ClH/c1-9(2)12(17)15(21)19-7-5-11(6-8-19)14(20)18-13(10(3)4)16(22)23;/h9-13H,5-8,17H2,1-4H3,(H,18,20)(H,22,23);1H. The van der Waals surface area contributed by atoms with E-state index in [9.17, 15) is 14.4 Å². The van der Waals surface area contributed by atoms with Gasteiger partial charge in [0.2, 0.25) is 11.8 Å². The number of rotatable bonds is 6. The van der Waals surface area contributed by atoms with E-state index in [0.29, 0.717) is 25.9 Å². The molecular weight excluding hydrogens is 334 g/mol. The molecule has 0 aromatic heterocycles. The van der Waals surface area contributed by atoms with Crippen LogP contribution in [0.4, 0.5) is 0 Å². The molecule has 4 N–H and O–H groups in total. The van der Waals surface area contributed by atoms with E-state index in [1.54, 1.807) is 18.7 Å². The van der Waals surface area contributed by atoms with Gasteiger partial charge in [-0.2, -0.15) is 0 Å². The first-order chi connectivity index (χ1) is 10.6. The zero-order valence-electron chi connectivity index (χ0n) is 14.8. The molecule has 1 saturated heterocycles. The van der Waals surface area contributed by atoms with Crippen LogP contribution in [0, 0.1) is 17.8 Å². The third kappa shape index (κ3) is 5.94. The molecule has 0 radical (unpaired) electrons. The average Bonchev–Trinajstić information content (AvgIpc) is 2.50. The Balaban J connectivity index is 0.00000529. The van der Waals surface area contributed by atoms with Gasteiger partial charge in [-0.05, 0) is 24.7 Å². The first-order valence-corrected chi connectivity index (χ1v) is 8.22. The molecule has 24 heavy (non-hydrogen) atoms. The Hall–Kier alpha value is -1.34. The van der Waals surface area contributed by atoms with Crippen LogP contribution < -0.4 is 11.1 Å². The summed E-state index contributed by atoms with van der Waals surface area (Å²) in [4.78, 5) is 37.3. The van der Waals surface area contributed by atoms with Crippen molar-refractivity contribution in [1.82, 2.24) is 10.2 Å². The molecule has 1 aliphatic rings. The number of carbonyl (C=O) groups is 3. The highest BCUT2D eigenvalue weighted by Crippen LogP contribution is 2.19. The minimum atomic E-state index is -1.02. The first kappa shape index (κ1) is 22.7. The Kier molecular flexibility index (Phi) is 9.29. The molecule has 0 saturated carbocycles. The monoisotopic (exact) mass is 363 g/mol. The van der Waals surface area contributed by atoms with Crippen LogP contribution in [-0.2, 0) is 14.4 Å². The highest BCUT2D eigenvalue weighted by atomic mass is 35.5. The first-order valence-electron chi connectivity index (χ1n) is 8.22. The molecule has 0 aliphatic carbocycles. The van der Waals surface area contributed by atoms with E-state index >= 15 is 0 Å². The summed E-state index contributed by atoms with van der Waals surface area (Å²) in [5.74, 6) is -1.71. The molecule has 1 aliphatic heterocycles. The van der Waals surface area contributed by atoms with Gasteiger partial charge in [-0.1, -0.05) is 27.7 Å². The van der Waals surface area contributed by atoms with Gasteiger partial charge in [0.05, 0.1) is 6.04 Å². The van der Waals surface area contributed by atoms with Crippen LogP contribution in [0.15, 0.2) is 0 Å². The van der Waals surface area contributed by atoms with Gasteiger partial charge < -0.3 is 21.1 Å². The molecule has 0 aromatic rings. The molecule has 7 nitrogen and oxygen atoms in total. The number of hydrogen-bond donors (Lipinski definition) is 3. The summed E-state index contributed by atoms with van der Waals surface area (Å²) in [6.45, 7) is 8.29. The van der Waals surface area contributed by atoms with Crippen molar-refractivity contribution >= 4 is 30.2 Å². The molecule has 2 atom stereocenters. The van der Waals surface area contributed by atoms with Crippen molar-refractivity contribution in [2.24, 2.45) is 23.5 Å². The lowest BCUT2D eigenvalue weighted by Gasteiger charge is -2.34. The molecule has 0 spiro atoms. The predicted molar refractivity (Wildman–Crippen MR) is 93.8 cm³/mol. The maximum atomic E-state index is 12.2. The van der Waals surface area contributed by atoms with E-state index in [-0.39, 0.29) is 42.0 Å². The second kappa shape index (κ2) is 9.84. The summed E-state index contributed by atoms with van der Waals surface area (Å²) in [5.41, 5.74) is 5.88. The molecule has 1 fully saturated rings. The number of aliphatic carboxylic acids is 1. The number of halogens is 1. The van der Waals surface area contributed by atoms with Crippen molar-refractivity contribution in [2.45, 2.75) is 52.6 Å². The summed E-state index contributed by atoms with van der Waals surface area (Å²) in [6.07, 6.45) is 1.07. The lowest BCUT2D eigenvalue weighted by atomic mass is 9.93. The Bertz CT molecular complexity index is 449. The normalized spacial score (nSPS) is 18.0. The summed E-state index contributed by atoms with van der Waals surface area (Å²) >= 11 is 0. The number of hydrogen-bond acceptors (Lipinski definition) is 4. The van der Waals surface area contributed by atoms with E-state index in [1.165, 1.54) is 0 Å². The van der Waals surface area contributed by atoms with Gasteiger partial charge in [0.1, 0.15) is 6.04 Å². The lowest BCUT2D eigenvalue weighted by Crippen LogP contribution is -2.52. The number of carbonyl (C=O) groups excluding carboxylic acids is 2. The number of amides is 2. The lowest BCUT2D eigenvalue weighted by molar-refractivity contribution is -0.144. The van der Waals surface area contributed by atoms with Crippen LogP contribution in [0.5, 0.6) is 0 Å². The quantitative estimate of drug-likeness (QED) is 0.647. The Morgan fingerprint density at radius 1 is 1.08 bits per heavy atom. The molecule has 1 rings (SSSR count). The van der Waals surface area contributed by atoms with Crippen molar-refractivity contribution < 1.29 is 19.5 Å². The third-order valence-electron chi connectivity index (χ3n) is 4.41. The van der Waals surface area contributed by atoms with E-state index in [0.717, 1.165) is 0 Å². The van der Waals surface area contributed by atoms with Crippen molar-refractivity contribution in [3.8, 4) is 0 Å². The van der Waals surface area contributed by atoms with Crippen LogP contribution in [0.2, 0.25) is 0 Å². The van der Waals surface area contributed by atoms with Crippen LogP contribution in [0.3, 0.4) is 0 Å². The number of carboxylic acid groups (broad SMARTS) is 1. The number of piperidine rings is 1. The highest BCUT2D eigenvalue weighted by molar-refractivity contribution is 5.86. The fourth-order valence-electron chi connectivity index (χ4n) is 2.64. The van der Waals surface area contributed by atoms with Crippen LogP contribution in [0.25, 0.3) is 0 Å². The maximum Gasteiger partial charge on any atom is 0.326 e. The summed E-state index contributed by atoms with van der Waals surface area (Å²) < 4.78 is 0. The van der Waals surface area contributed by atoms with Gasteiger partial charge in [0.25, 0.3) is 0 Å². The van der Waals surface area contributed by atoms with Crippen LogP contribution in [-0.4, -0.2) is 53.0 Å². The largest absolute Gasteiger partial charge is 0.480 e. The Labute approximate surface area is 149 Å². The molecule has 140 valence electrons. The minimum absolute atomic E-state index is 0. The zero-order valence-corrected chi connectivity index (χ0v) is 15.6. The number of nitrogens with zero attached hydrogens (tertiary/aromatic N) is 1. The van der Waals surface area contributed by atoms with E-state index < -0.39 is 18.1 Å².